The molecule has 0 spiro atoms. The predicted molar refractivity (Wildman–Crippen MR) is 69.8 cm³/mol. The first kappa shape index (κ1) is 11.0. The molecule has 2 aromatic rings. The molecular weight excluding hydrogens is 331 g/mol. The van der Waals surface area contributed by atoms with E-state index in [4.69, 9.17) is 9.26 Å². The molecular formula is C12H11IN2O2. The number of halogens is 1. The van der Waals surface area contributed by atoms with Crippen molar-refractivity contribution in [2.24, 2.45) is 0 Å². The van der Waals surface area contributed by atoms with Crippen LogP contribution in [-0.2, 0) is 6.61 Å². The highest BCUT2D eigenvalue weighted by molar-refractivity contribution is 14.1. The lowest BCUT2D eigenvalue weighted by Gasteiger charge is -2.04. The summed E-state index contributed by atoms with van der Waals surface area (Å²) in [5.74, 6) is 2.74. The molecule has 0 unspecified atom stereocenters. The Balaban J connectivity index is 1.65. The SMILES string of the molecule is Ic1ccccc1OCc1nc(C2CC2)no1. The summed E-state index contributed by atoms with van der Waals surface area (Å²) in [4.78, 5) is 4.31. The van der Waals surface area contributed by atoms with Crippen LogP contribution in [0.4, 0.5) is 0 Å². The molecule has 0 aliphatic heterocycles. The van der Waals surface area contributed by atoms with Crippen LogP contribution in [0.25, 0.3) is 0 Å². The van der Waals surface area contributed by atoms with Gasteiger partial charge < -0.3 is 9.26 Å². The Morgan fingerprint density at radius 3 is 2.94 bits per heavy atom. The molecule has 5 heteroatoms. The van der Waals surface area contributed by atoms with E-state index in [-0.39, 0.29) is 0 Å². The zero-order valence-corrected chi connectivity index (χ0v) is 11.3. The van der Waals surface area contributed by atoms with E-state index in [2.05, 4.69) is 32.7 Å². The lowest BCUT2D eigenvalue weighted by Crippen LogP contribution is -1.97. The molecule has 1 aromatic heterocycles. The molecule has 4 nitrogen and oxygen atoms in total. The molecule has 0 radical (unpaired) electrons. The van der Waals surface area contributed by atoms with Gasteiger partial charge in [0.15, 0.2) is 12.4 Å². The second-order valence-corrected chi connectivity index (χ2v) is 5.20. The van der Waals surface area contributed by atoms with E-state index in [1.165, 1.54) is 12.8 Å². The van der Waals surface area contributed by atoms with Crippen LogP contribution in [-0.4, -0.2) is 10.1 Å². The van der Waals surface area contributed by atoms with E-state index in [1.807, 2.05) is 24.3 Å². The molecule has 0 amide bonds. The smallest absolute Gasteiger partial charge is 0.264 e. The monoisotopic (exact) mass is 342 g/mol. The van der Waals surface area contributed by atoms with E-state index < -0.39 is 0 Å². The minimum Gasteiger partial charge on any atom is -0.483 e. The average molecular weight is 342 g/mol. The molecule has 1 fully saturated rings. The summed E-state index contributed by atoms with van der Waals surface area (Å²) >= 11 is 2.24. The zero-order valence-electron chi connectivity index (χ0n) is 9.10. The zero-order chi connectivity index (χ0) is 11.7. The fraction of sp³-hybridized carbons (Fsp3) is 0.333. The second kappa shape index (κ2) is 4.64. The summed E-state index contributed by atoms with van der Waals surface area (Å²) in [6.45, 7) is 0.333. The van der Waals surface area contributed by atoms with Crippen molar-refractivity contribution in [3.8, 4) is 5.75 Å². The number of nitrogens with zero attached hydrogens (tertiary/aromatic N) is 2. The Hall–Kier alpha value is -1.11. The Bertz CT molecular complexity index is 523. The lowest BCUT2D eigenvalue weighted by molar-refractivity contribution is 0.241. The van der Waals surface area contributed by atoms with Crippen LogP contribution in [0.3, 0.4) is 0 Å². The van der Waals surface area contributed by atoms with Crippen molar-refractivity contribution in [2.75, 3.05) is 0 Å². The maximum Gasteiger partial charge on any atom is 0.264 e. The van der Waals surface area contributed by atoms with Crippen LogP contribution < -0.4 is 4.74 Å². The van der Waals surface area contributed by atoms with E-state index in [0.29, 0.717) is 18.4 Å². The minimum absolute atomic E-state index is 0.333. The van der Waals surface area contributed by atoms with Crippen molar-refractivity contribution >= 4 is 22.6 Å². The predicted octanol–water partition coefficient (Wildman–Crippen LogP) is 3.13. The third-order valence-electron chi connectivity index (χ3n) is 2.61. The van der Waals surface area contributed by atoms with Gasteiger partial charge in [-0.15, -0.1) is 0 Å². The molecule has 88 valence electrons. The first-order valence-electron chi connectivity index (χ1n) is 5.53. The van der Waals surface area contributed by atoms with Crippen molar-refractivity contribution in [1.29, 1.82) is 0 Å². The number of ether oxygens (including phenoxy) is 1. The van der Waals surface area contributed by atoms with Gasteiger partial charge in [-0.1, -0.05) is 17.3 Å². The summed E-state index contributed by atoms with van der Waals surface area (Å²) in [5.41, 5.74) is 0. The van der Waals surface area contributed by atoms with Gasteiger partial charge in [-0.25, -0.2) is 0 Å². The number of aromatic nitrogens is 2. The first-order valence-corrected chi connectivity index (χ1v) is 6.60. The van der Waals surface area contributed by atoms with Gasteiger partial charge in [0.2, 0.25) is 0 Å². The summed E-state index contributed by atoms with van der Waals surface area (Å²) in [6.07, 6.45) is 2.35. The normalized spacial score (nSPS) is 14.9. The molecule has 17 heavy (non-hydrogen) atoms. The van der Waals surface area contributed by atoms with Crippen molar-refractivity contribution in [3.63, 3.8) is 0 Å². The fourth-order valence-corrected chi connectivity index (χ4v) is 2.08. The van der Waals surface area contributed by atoms with E-state index in [0.717, 1.165) is 15.1 Å². The minimum atomic E-state index is 0.333. The number of hydrogen-bond acceptors (Lipinski definition) is 4. The average Bonchev–Trinajstić information content (AvgIpc) is 3.08. The molecule has 1 heterocycles. The maximum atomic E-state index is 5.63. The van der Waals surface area contributed by atoms with Gasteiger partial charge in [0, 0.05) is 5.92 Å². The van der Waals surface area contributed by atoms with Gasteiger partial charge in [-0.05, 0) is 47.6 Å². The van der Waals surface area contributed by atoms with Crippen LogP contribution in [0.15, 0.2) is 28.8 Å². The number of hydrogen-bond donors (Lipinski definition) is 0. The van der Waals surface area contributed by atoms with Crippen molar-refractivity contribution < 1.29 is 9.26 Å². The van der Waals surface area contributed by atoms with Gasteiger partial charge in [0.05, 0.1) is 3.57 Å². The van der Waals surface area contributed by atoms with E-state index in [9.17, 15) is 0 Å². The van der Waals surface area contributed by atoms with Gasteiger partial charge in [0.1, 0.15) is 5.75 Å². The topological polar surface area (TPSA) is 48.2 Å². The van der Waals surface area contributed by atoms with Gasteiger partial charge in [-0.2, -0.15) is 4.98 Å². The summed E-state index contributed by atoms with van der Waals surface area (Å²) < 4.78 is 11.8. The van der Waals surface area contributed by atoms with Gasteiger partial charge in [0.25, 0.3) is 5.89 Å². The maximum absolute atomic E-state index is 5.63. The van der Waals surface area contributed by atoms with Crippen LogP contribution in [0.2, 0.25) is 0 Å². The van der Waals surface area contributed by atoms with Crippen LogP contribution in [0.1, 0.15) is 30.5 Å². The molecule has 0 N–H and O–H groups in total. The fourth-order valence-electron chi connectivity index (χ4n) is 1.54. The van der Waals surface area contributed by atoms with Crippen molar-refractivity contribution in [2.45, 2.75) is 25.4 Å². The molecule has 1 saturated carbocycles. The number of rotatable bonds is 4. The summed E-state index contributed by atoms with van der Waals surface area (Å²) in [6, 6.07) is 7.85. The van der Waals surface area contributed by atoms with Gasteiger partial charge in [-0.3, -0.25) is 0 Å². The highest BCUT2D eigenvalue weighted by Crippen LogP contribution is 2.38. The standard InChI is InChI=1S/C12H11IN2O2/c13-9-3-1-2-4-10(9)16-7-11-14-12(15-17-11)8-5-6-8/h1-4,8H,5-7H2. The number of benzene rings is 1. The Kier molecular flexibility index (Phi) is 3.00. The quantitative estimate of drug-likeness (QED) is 0.801. The van der Waals surface area contributed by atoms with Crippen LogP contribution in [0.5, 0.6) is 5.75 Å². The molecule has 0 atom stereocenters. The Morgan fingerprint density at radius 2 is 2.18 bits per heavy atom. The van der Waals surface area contributed by atoms with Crippen molar-refractivity contribution in [1.82, 2.24) is 10.1 Å². The molecule has 1 aliphatic carbocycles. The third-order valence-corrected chi connectivity index (χ3v) is 3.51. The third kappa shape index (κ3) is 2.59. The molecule has 3 rings (SSSR count). The lowest BCUT2D eigenvalue weighted by atomic mass is 10.3. The molecule has 1 aromatic carbocycles. The molecule has 0 saturated heterocycles. The summed E-state index contributed by atoms with van der Waals surface area (Å²) in [5, 5.41) is 3.94. The second-order valence-electron chi connectivity index (χ2n) is 4.04. The van der Waals surface area contributed by atoms with E-state index in [1.54, 1.807) is 0 Å². The first-order chi connectivity index (χ1) is 8.33. The van der Waals surface area contributed by atoms with E-state index >= 15 is 0 Å². The molecule has 1 aliphatic rings. The van der Waals surface area contributed by atoms with Crippen molar-refractivity contribution in [3.05, 3.63) is 39.6 Å². The highest BCUT2D eigenvalue weighted by atomic mass is 127. The largest absolute Gasteiger partial charge is 0.483 e. The van der Waals surface area contributed by atoms with Crippen LogP contribution in [0, 0.1) is 3.57 Å². The van der Waals surface area contributed by atoms with Crippen LogP contribution >= 0.6 is 22.6 Å². The number of para-hydroxylation sites is 1. The Morgan fingerprint density at radius 1 is 1.35 bits per heavy atom. The van der Waals surface area contributed by atoms with Gasteiger partial charge >= 0.3 is 0 Å². The Labute approximate surface area is 113 Å². The molecule has 0 bridgehead atoms. The highest BCUT2D eigenvalue weighted by Gasteiger charge is 2.28. The summed E-state index contributed by atoms with van der Waals surface area (Å²) in [7, 11) is 0.